The van der Waals surface area contributed by atoms with Crippen molar-refractivity contribution >= 4 is 10.0 Å². The number of hydrazine groups is 1. The molecule has 1 atom stereocenters. The van der Waals surface area contributed by atoms with Crippen LogP contribution < -0.4 is 10.3 Å². The van der Waals surface area contributed by atoms with Crippen molar-refractivity contribution in [3.05, 3.63) is 11.5 Å². The number of sulfonamides is 1. The number of hydrogen-bond donors (Lipinski definition) is 2. The van der Waals surface area contributed by atoms with Crippen molar-refractivity contribution in [2.24, 2.45) is 0 Å². The molecule has 0 aliphatic carbocycles. The van der Waals surface area contributed by atoms with Gasteiger partial charge in [0, 0.05) is 11.4 Å². The molecular formula is C7H16N2O2S. The molecule has 0 amide bonds. The quantitative estimate of drug-likeness (QED) is 0.632. The van der Waals surface area contributed by atoms with Crippen LogP contribution in [-0.2, 0) is 10.0 Å². The number of allylic oxidation sites excluding steroid dienone is 1. The predicted octanol–water partition coefficient (Wildman–Crippen LogP) is 0.742. The van der Waals surface area contributed by atoms with E-state index in [1.54, 1.807) is 6.92 Å². The Labute approximate surface area is 74.1 Å². The van der Waals surface area contributed by atoms with Crippen molar-refractivity contribution in [1.29, 1.82) is 0 Å². The Bertz CT molecular complexity index is 234. The second kappa shape index (κ2) is 5.29. The number of hydrogen-bond acceptors (Lipinski definition) is 3. The van der Waals surface area contributed by atoms with E-state index in [1.807, 2.05) is 13.8 Å². The molecule has 0 bridgehead atoms. The van der Waals surface area contributed by atoms with Crippen LogP contribution in [0.5, 0.6) is 0 Å². The van der Waals surface area contributed by atoms with Gasteiger partial charge in [-0.3, -0.25) is 0 Å². The lowest BCUT2D eigenvalue weighted by molar-refractivity contribution is 0.497. The van der Waals surface area contributed by atoms with Crippen molar-refractivity contribution in [2.75, 3.05) is 0 Å². The third-order valence-electron chi connectivity index (χ3n) is 1.38. The highest BCUT2D eigenvalue weighted by Crippen LogP contribution is 1.88. The lowest BCUT2D eigenvalue weighted by atomic mass is 10.3. The summed E-state index contributed by atoms with van der Waals surface area (Å²) >= 11 is 0. The van der Waals surface area contributed by atoms with E-state index in [-0.39, 0.29) is 6.04 Å². The zero-order valence-corrected chi connectivity index (χ0v) is 8.48. The molecule has 0 aromatic heterocycles. The van der Waals surface area contributed by atoms with Gasteiger partial charge in [0.2, 0.25) is 10.0 Å². The van der Waals surface area contributed by atoms with E-state index in [1.165, 1.54) is 6.08 Å². The zero-order chi connectivity index (χ0) is 9.61. The summed E-state index contributed by atoms with van der Waals surface area (Å²) in [4.78, 5) is 2.25. The molecule has 0 aromatic rings. The van der Waals surface area contributed by atoms with Gasteiger partial charge in [-0.25, -0.2) is 13.8 Å². The van der Waals surface area contributed by atoms with E-state index < -0.39 is 10.0 Å². The first-order valence-corrected chi connectivity index (χ1v) is 5.46. The lowest BCUT2D eigenvalue weighted by Crippen LogP contribution is -2.41. The Kier molecular flexibility index (Phi) is 5.12. The standard InChI is InChI=1S/C7H16N2O2S/c1-4-6-12(10,11)9-8-7(3)5-2/h4,6-9H,5H2,1-3H3. The molecule has 5 heteroatoms. The van der Waals surface area contributed by atoms with Gasteiger partial charge in [0.1, 0.15) is 0 Å². The molecule has 0 aromatic carbocycles. The number of nitrogens with one attached hydrogen (secondary N) is 2. The molecular weight excluding hydrogens is 176 g/mol. The Morgan fingerprint density at radius 2 is 2.08 bits per heavy atom. The molecule has 72 valence electrons. The molecule has 0 aliphatic heterocycles. The van der Waals surface area contributed by atoms with Gasteiger partial charge in [0.15, 0.2) is 0 Å². The smallest absolute Gasteiger partial charge is 0.241 e. The van der Waals surface area contributed by atoms with Crippen LogP contribution >= 0.6 is 0 Å². The van der Waals surface area contributed by atoms with Gasteiger partial charge in [-0.05, 0) is 20.3 Å². The molecule has 0 rings (SSSR count). The van der Waals surface area contributed by atoms with Gasteiger partial charge in [0.05, 0.1) is 0 Å². The Hall–Kier alpha value is -0.390. The summed E-state index contributed by atoms with van der Waals surface area (Å²) in [6.45, 7) is 5.53. The third kappa shape index (κ3) is 5.29. The summed E-state index contributed by atoms with van der Waals surface area (Å²) in [7, 11) is -3.28. The largest absolute Gasteiger partial charge is 0.246 e. The van der Waals surface area contributed by atoms with Crippen LogP contribution in [0.2, 0.25) is 0 Å². The second-order valence-corrected chi connectivity index (χ2v) is 4.14. The van der Waals surface area contributed by atoms with E-state index >= 15 is 0 Å². The highest BCUT2D eigenvalue weighted by atomic mass is 32.2. The summed E-state index contributed by atoms with van der Waals surface area (Å²) in [5.41, 5.74) is 2.67. The van der Waals surface area contributed by atoms with Crippen LogP contribution in [0, 0.1) is 0 Å². The highest BCUT2D eigenvalue weighted by molar-refractivity contribution is 7.92. The van der Waals surface area contributed by atoms with Crippen LogP contribution in [0.4, 0.5) is 0 Å². The zero-order valence-electron chi connectivity index (χ0n) is 7.66. The maximum absolute atomic E-state index is 11.0. The fraction of sp³-hybridized carbons (Fsp3) is 0.714. The summed E-state index contributed by atoms with van der Waals surface area (Å²) in [5.74, 6) is 0. The lowest BCUT2D eigenvalue weighted by Gasteiger charge is -2.10. The summed E-state index contributed by atoms with van der Waals surface area (Å²) in [6.07, 6.45) is 2.35. The van der Waals surface area contributed by atoms with Gasteiger partial charge in [-0.15, -0.1) is 4.83 Å². The Morgan fingerprint density at radius 3 is 2.50 bits per heavy atom. The normalized spacial score (nSPS) is 15.2. The highest BCUT2D eigenvalue weighted by Gasteiger charge is 2.04. The number of rotatable bonds is 5. The van der Waals surface area contributed by atoms with E-state index in [0.717, 1.165) is 11.8 Å². The van der Waals surface area contributed by atoms with Gasteiger partial charge < -0.3 is 0 Å². The minimum atomic E-state index is -3.28. The molecule has 0 saturated heterocycles. The molecule has 0 aliphatic rings. The van der Waals surface area contributed by atoms with Crippen LogP contribution in [0.25, 0.3) is 0 Å². The first-order chi connectivity index (χ1) is 5.52. The van der Waals surface area contributed by atoms with Crippen LogP contribution in [-0.4, -0.2) is 14.5 Å². The molecule has 0 spiro atoms. The van der Waals surface area contributed by atoms with Crippen LogP contribution in [0.3, 0.4) is 0 Å². The topological polar surface area (TPSA) is 58.2 Å². The maximum Gasteiger partial charge on any atom is 0.246 e. The third-order valence-corrected chi connectivity index (χ3v) is 2.41. The van der Waals surface area contributed by atoms with Crippen LogP contribution in [0.1, 0.15) is 27.2 Å². The van der Waals surface area contributed by atoms with Crippen molar-refractivity contribution < 1.29 is 8.42 Å². The second-order valence-electron chi connectivity index (χ2n) is 2.57. The first-order valence-electron chi connectivity index (χ1n) is 3.92. The van der Waals surface area contributed by atoms with Gasteiger partial charge >= 0.3 is 0 Å². The fourth-order valence-electron chi connectivity index (χ4n) is 0.498. The van der Waals surface area contributed by atoms with Crippen molar-refractivity contribution in [3.8, 4) is 0 Å². The van der Waals surface area contributed by atoms with E-state index in [2.05, 4.69) is 10.3 Å². The summed E-state index contributed by atoms with van der Waals surface area (Å²) in [5, 5.41) is 1.11. The van der Waals surface area contributed by atoms with Gasteiger partial charge in [0.25, 0.3) is 0 Å². The molecule has 0 radical (unpaired) electrons. The molecule has 4 nitrogen and oxygen atoms in total. The van der Waals surface area contributed by atoms with E-state index in [0.29, 0.717) is 0 Å². The molecule has 0 heterocycles. The SMILES string of the molecule is CC=CS(=O)(=O)NNC(C)CC. The summed E-state index contributed by atoms with van der Waals surface area (Å²) < 4.78 is 22.0. The Morgan fingerprint density at radius 1 is 1.50 bits per heavy atom. The predicted molar refractivity (Wildman–Crippen MR) is 49.8 cm³/mol. The summed E-state index contributed by atoms with van der Waals surface area (Å²) in [6, 6.07) is 0.144. The minimum Gasteiger partial charge on any atom is -0.241 e. The van der Waals surface area contributed by atoms with Crippen LogP contribution in [0.15, 0.2) is 11.5 Å². The average Bonchev–Trinajstić information content (AvgIpc) is 2.00. The van der Waals surface area contributed by atoms with Crippen molar-refractivity contribution in [3.63, 3.8) is 0 Å². The maximum atomic E-state index is 11.0. The van der Waals surface area contributed by atoms with E-state index in [9.17, 15) is 8.42 Å². The Balaban J connectivity index is 3.93. The van der Waals surface area contributed by atoms with E-state index in [4.69, 9.17) is 0 Å². The molecule has 12 heavy (non-hydrogen) atoms. The van der Waals surface area contributed by atoms with Crippen molar-refractivity contribution in [2.45, 2.75) is 33.2 Å². The van der Waals surface area contributed by atoms with Crippen molar-refractivity contribution in [1.82, 2.24) is 10.3 Å². The molecule has 0 saturated carbocycles. The first kappa shape index (κ1) is 11.6. The fourth-order valence-corrected chi connectivity index (χ4v) is 1.29. The van der Waals surface area contributed by atoms with Gasteiger partial charge in [-0.2, -0.15) is 0 Å². The minimum absolute atomic E-state index is 0.144. The molecule has 1 unspecified atom stereocenters. The molecule has 2 N–H and O–H groups in total. The van der Waals surface area contributed by atoms with Gasteiger partial charge in [-0.1, -0.05) is 13.0 Å². The average molecular weight is 192 g/mol. The molecule has 0 fully saturated rings. The monoisotopic (exact) mass is 192 g/mol.